The normalized spacial score (nSPS) is 18.7. The van der Waals surface area contributed by atoms with Crippen LogP contribution in [0.5, 0.6) is 5.75 Å². The lowest BCUT2D eigenvalue weighted by molar-refractivity contribution is 0.0342. The van der Waals surface area contributed by atoms with Gasteiger partial charge in [0.05, 0.1) is 30.5 Å². The van der Waals surface area contributed by atoms with Crippen molar-refractivity contribution in [2.24, 2.45) is 5.92 Å². The summed E-state index contributed by atoms with van der Waals surface area (Å²) in [5, 5.41) is 11.1. The fourth-order valence-corrected chi connectivity index (χ4v) is 7.38. The van der Waals surface area contributed by atoms with E-state index >= 15 is 0 Å². The van der Waals surface area contributed by atoms with Crippen molar-refractivity contribution in [2.45, 2.75) is 51.1 Å². The number of halogens is 2. The van der Waals surface area contributed by atoms with E-state index in [1.807, 2.05) is 36.4 Å². The molecule has 0 unspecified atom stereocenters. The van der Waals surface area contributed by atoms with E-state index in [0.717, 1.165) is 66.7 Å². The number of morpholine rings is 1. The van der Waals surface area contributed by atoms with Crippen LogP contribution in [-0.2, 0) is 17.7 Å². The molecule has 2 aromatic heterocycles. The number of ether oxygens (including phenoxy) is 1. The standard InChI is InChI=1S/C38H38ClFN4O4/c39-29-10-6-25(7-11-29)4-5-26-8-12-31(13-9-26)44-37(46)35-22-30(40)23-41-36(35)43(38(44)47)32-3-1-2-27(20-32)34-15-14-33(45)21-28(34)24-42-16-18-48-19-17-42/h1-3,6-7,10-11,14-15,20-23,26,31,45H,4-5,8-9,12-13,16-19,24H2. The molecule has 7 rings (SSSR count). The van der Waals surface area contributed by atoms with Crippen LogP contribution in [0.3, 0.4) is 0 Å². The summed E-state index contributed by atoms with van der Waals surface area (Å²) in [5.41, 5.74) is 3.61. The molecule has 1 aliphatic carbocycles. The van der Waals surface area contributed by atoms with Gasteiger partial charge in [0.1, 0.15) is 11.6 Å². The summed E-state index contributed by atoms with van der Waals surface area (Å²) >= 11 is 6.04. The van der Waals surface area contributed by atoms with Crippen LogP contribution in [0.25, 0.3) is 27.8 Å². The van der Waals surface area contributed by atoms with Crippen molar-refractivity contribution >= 4 is 22.6 Å². The van der Waals surface area contributed by atoms with Crippen LogP contribution < -0.4 is 11.2 Å². The van der Waals surface area contributed by atoms with Gasteiger partial charge in [-0.1, -0.05) is 41.9 Å². The van der Waals surface area contributed by atoms with E-state index < -0.39 is 17.1 Å². The predicted octanol–water partition coefficient (Wildman–Crippen LogP) is 6.91. The highest BCUT2D eigenvalue weighted by Crippen LogP contribution is 2.34. The lowest BCUT2D eigenvalue weighted by Gasteiger charge is -2.30. The van der Waals surface area contributed by atoms with E-state index in [-0.39, 0.29) is 22.8 Å². The van der Waals surface area contributed by atoms with Crippen LogP contribution in [0, 0.1) is 11.7 Å². The molecule has 10 heteroatoms. The van der Waals surface area contributed by atoms with Gasteiger partial charge >= 0.3 is 5.69 Å². The summed E-state index contributed by atoms with van der Waals surface area (Å²) in [5.74, 6) is 0.0364. The summed E-state index contributed by atoms with van der Waals surface area (Å²) < 4.78 is 22.8. The molecule has 2 fully saturated rings. The van der Waals surface area contributed by atoms with Crippen molar-refractivity contribution in [2.75, 3.05) is 26.3 Å². The Hall–Kier alpha value is -4.31. The van der Waals surface area contributed by atoms with E-state index in [4.69, 9.17) is 16.3 Å². The molecule has 2 aliphatic rings. The third-order valence-electron chi connectivity index (χ3n) is 9.83. The average Bonchev–Trinajstić information content (AvgIpc) is 3.10. The Morgan fingerprint density at radius 2 is 1.71 bits per heavy atom. The van der Waals surface area contributed by atoms with Gasteiger partial charge in [-0.3, -0.25) is 14.3 Å². The summed E-state index contributed by atoms with van der Waals surface area (Å²) in [7, 11) is 0. The van der Waals surface area contributed by atoms with Crippen LogP contribution >= 0.6 is 11.6 Å². The zero-order valence-corrected chi connectivity index (χ0v) is 27.4. The highest BCUT2D eigenvalue weighted by molar-refractivity contribution is 6.30. The Balaban J connectivity index is 1.22. The van der Waals surface area contributed by atoms with Gasteiger partial charge in [0, 0.05) is 30.7 Å². The molecule has 0 bridgehead atoms. The van der Waals surface area contributed by atoms with Crippen LogP contribution in [-0.4, -0.2) is 50.4 Å². The number of aromatic nitrogens is 3. The third kappa shape index (κ3) is 6.81. The number of aryl methyl sites for hydroxylation is 1. The van der Waals surface area contributed by atoms with Gasteiger partial charge in [0.2, 0.25) is 0 Å². The first-order valence-electron chi connectivity index (χ1n) is 16.6. The molecule has 0 spiro atoms. The molecule has 1 saturated carbocycles. The van der Waals surface area contributed by atoms with Gasteiger partial charge in [-0.05, 0) is 109 Å². The maximum Gasteiger partial charge on any atom is 0.337 e. The van der Waals surface area contributed by atoms with E-state index in [0.29, 0.717) is 44.2 Å². The van der Waals surface area contributed by atoms with Crippen LogP contribution in [0.4, 0.5) is 4.39 Å². The minimum atomic E-state index is -0.632. The second-order valence-corrected chi connectivity index (χ2v) is 13.4. The molecule has 8 nitrogen and oxygen atoms in total. The number of rotatable bonds is 8. The fraction of sp³-hybridized carbons (Fsp3) is 0.342. The van der Waals surface area contributed by atoms with Gasteiger partial charge in [-0.15, -0.1) is 0 Å². The first-order chi connectivity index (χ1) is 23.3. The molecule has 5 aromatic rings. The van der Waals surface area contributed by atoms with Crippen molar-refractivity contribution in [3.63, 3.8) is 0 Å². The Labute approximate surface area is 283 Å². The van der Waals surface area contributed by atoms with Gasteiger partial charge in [0.25, 0.3) is 5.56 Å². The number of phenols is 1. The predicted molar refractivity (Wildman–Crippen MR) is 186 cm³/mol. The largest absolute Gasteiger partial charge is 0.508 e. The summed E-state index contributed by atoms with van der Waals surface area (Å²) in [6, 6.07) is 21.6. The molecular weight excluding hydrogens is 631 g/mol. The van der Waals surface area contributed by atoms with Crippen molar-refractivity contribution in [1.29, 1.82) is 0 Å². The van der Waals surface area contributed by atoms with Crippen LogP contribution in [0.2, 0.25) is 5.02 Å². The van der Waals surface area contributed by atoms with Crippen molar-refractivity contribution in [3.05, 3.63) is 122 Å². The zero-order chi connectivity index (χ0) is 33.2. The molecule has 3 heterocycles. The number of fused-ring (bicyclic) bond motifs is 1. The molecular formula is C38H38ClFN4O4. The molecule has 3 aromatic carbocycles. The minimum absolute atomic E-state index is 0.0718. The SMILES string of the molecule is O=c1c2cc(F)cnc2n(-c2cccc(-c3ccc(O)cc3CN3CCOCC3)c2)c(=O)n1C1CCC(CCc2ccc(Cl)cc2)CC1. The smallest absolute Gasteiger partial charge is 0.337 e. The minimum Gasteiger partial charge on any atom is -0.508 e. The van der Waals surface area contributed by atoms with Crippen molar-refractivity contribution in [3.8, 4) is 22.6 Å². The number of hydrogen-bond acceptors (Lipinski definition) is 6. The maximum atomic E-state index is 14.5. The number of aromatic hydroxyl groups is 1. The highest BCUT2D eigenvalue weighted by Gasteiger charge is 2.27. The second-order valence-electron chi connectivity index (χ2n) is 12.9. The molecule has 0 atom stereocenters. The number of pyridine rings is 1. The first-order valence-corrected chi connectivity index (χ1v) is 17.0. The van der Waals surface area contributed by atoms with Gasteiger partial charge in [-0.25, -0.2) is 18.7 Å². The highest BCUT2D eigenvalue weighted by atomic mass is 35.5. The number of phenolic OH excluding ortho intramolecular Hbond substituents is 1. The fourth-order valence-electron chi connectivity index (χ4n) is 7.26. The maximum absolute atomic E-state index is 14.5. The van der Waals surface area contributed by atoms with Crippen molar-refractivity contribution in [1.82, 2.24) is 19.0 Å². The third-order valence-corrected chi connectivity index (χ3v) is 10.1. The lowest BCUT2D eigenvalue weighted by atomic mass is 9.82. The molecule has 48 heavy (non-hydrogen) atoms. The first kappa shape index (κ1) is 32.2. The van der Waals surface area contributed by atoms with E-state index in [9.17, 15) is 19.1 Å². The Morgan fingerprint density at radius 3 is 2.48 bits per heavy atom. The second kappa shape index (κ2) is 14.0. The van der Waals surface area contributed by atoms with E-state index in [1.165, 1.54) is 20.8 Å². The van der Waals surface area contributed by atoms with Crippen molar-refractivity contribution < 1.29 is 14.2 Å². The van der Waals surface area contributed by atoms with E-state index in [1.54, 1.807) is 18.2 Å². The molecule has 0 amide bonds. The average molecular weight is 669 g/mol. The topological polar surface area (TPSA) is 89.6 Å². The van der Waals surface area contributed by atoms with Crippen LogP contribution in [0.15, 0.2) is 88.6 Å². The molecule has 248 valence electrons. The molecule has 1 aliphatic heterocycles. The van der Waals surface area contributed by atoms with Crippen LogP contribution in [0.1, 0.15) is 49.3 Å². The number of hydrogen-bond donors (Lipinski definition) is 1. The van der Waals surface area contributed by atoms with E-state index in [2.05, 4.69) is 22.0 Å². The molecule has 1 saturated heterocycles. The Bertz CT molecular complexity index is 2050. The van der Waals surface area contributed by atoms with Gasteiger partial charge in [0.15, 0.2) is 5.65 Å². The monoisotopic (exact) mass is 668 g/mol. The summed E-state index contributed by atoms with van der Waals surface area (Å²) in [6.07, 6.45) is 6.18. The molecule has 0 radical (unpaired) electrons. The number of benzene rings is 3. The summed E-state index contributed by atoms with van der Waals surface area (Å²) in [6.45, 7) is 3.55. The van der Waals surface area contributed by atoms with Gasteiger partial charge < -0.3 is 9.84 Å². The Morgan fingerprint density at radius 1 is 0.938 bits per heavy atom. The zero-order valence-electron chi connectivity index (χ0n) is 26.7. The molecule has 1 N–H and O–H groups in total. The quantitative estimate of drug-likeness (QED) is 0.193. The lowest BCUT2D eigenvalue weighted by Crippen LogP contribution is -2.43. The summed E-state index contributed by atoms with van der Waals surface area (Å²) in [4.78, 5) is 34.8. The number of nitrogens with zero attached hydrogens (tertiary/aromatic N) is 4. The van der Waals surface area contributed by atoms with Gasteiger partial charge in [-0.2, -0.15) is 0 Å². The Kier molecular flexibility index (Phi) is 9.43.